The number of hydrogen-bond donors (Lipinski definition) is 3. The summed E-state index contributed by atoms with van der Waals surface area (Å²) < 4.78 is 5.08. The van der Waals surface area contributed by atoms with Crippen LogP contribution in [0.15, 0.2) is 30.5 Å². The van der Waals surface area contributed by atoms with Gasteiger partial charge in [-0.1, -0.05) is 39.8 Å². The van der Waals surface area contributed by atoms with Crippen LogP contribution in [0.3, 0.4) is 0 Å². The van der Waals surface area contributed by atoms with Gasteiger partial charge in [0.05, 0.1) is 23.1 Å². The van der Waals surface area contributed by atoms with Gasteiger partial charge in [-0.25, -0.2) is 4.79 Å². The zero-order valence-corrected chi connectivity index (χ0v) is 16.5. The van der Waals surface area contributed by atoms with Gasteiger partial charge in [0, 0.05) is 6.54 Å². The number of nitrogens with one attached hydrogen (secondary N) is 3. The molecule has 0 aliphatic heterocycles. The second-order valence-electron chi connectivity index (χ2n) is 7.13. The maximum atomic E-state index is 12.3. The van der Waals surface area contributed by atoms with Gasteiger partial charge >= 0.3 is 5.97 Å². The van der Waals surface area contributed by atoms with Crippen molar-refractivity contribution in [3.8, 4) is 0 Å². The van der Waals surface area contributed by atoms with Crippen LogP contribution in [0.2, 0.25) is 0 Å². The number of aromatic amines is 1. The van der Waals surface area contributed by atoms with Crippen LogP contribution in [0.5, 0.6) is 0 Å². The summed E-state index contributed by atoms with van der Waals surface area (Å²) in [7, 11) is 0. The summed E-state index contributed by atoms with van der Waals surface area (Å²) in [6.07, 6.45) is 1.38. The standard InChI is InChI=1S/C20H26N4O4/c1-12(2)9-21-19(26)14-7-5-6-8-16(14)23-17(25)11-28-20(27)15-10-22-24-18(15)13(3)4/h5-8,10,12-13H,9,11H2,1-4H3,(H,21,26)(H,22,24)(H,23,25). The second kappa shape index (κ2) is 9.68. The van der Waals surface area contributed by atoms with Crippen molar-refractivity contribution in [2.75, 3.05) is 18.5 Å². The lowest BCUT2D eigenvalue weighted by atomic mass is 10.1. The molecule has 0 spiro atoms. The fraction of sp³-hybridized carbons (Fsp3) is 0.400. The number of ether oxygens (including phenoxy) is 1. The minimum absolute atomic E-state index is 0.0649. The van der Waals surface area contributed by atoms with Crippen LogP contribution in [-0.2, 0) is 9.53 Å². The normalized spacial score (nSPS) is 10.8. The van der Waals surface area contributed by atoms with Crippen molar-refractivity contribution in [2.45, 2.75) is 33.6 Å². The van der Waals surface area contributed by atoms with E-state index in [9.17, 15) is 14.4 Å². The third-order valence-electron chi connectivity index (χ3n) is 3.92. The Morgan fingerprint density at radius 1 is 1.11 bits per heavy atom. The lowest BCUT2D eigenvalue weighted by Gasteiger charge is -2.12. The number of aromatic nitrogens is 2. The molecule has 0 atom stereocenters. The molecule has 0 aliphatic rings. The molecular formula is C20H26N4O4. The van der Waals surface area contributed by atoms with E-state index in [1.165, 1.54) is 6.20 Å². The van der Waals surface area contributed by atoms with Gasteiger partial charge in [-0.2, -0.15) is 5.10 Å². The zero-order valence-electron chi connectivity index (χ0n) is 16.5. The van der Waals surface area contributed by atoms with Crippen LogP contribution in [0.1, 0.15) is 60.0 Å². The van der Waals surface area contributed by atoms with Gasteiger partial charge < -0.3 is 15.4 Å². The van der Waals surface area contributed by atoms with Crippen molar-refractivity contribution in [2.24, 2.45) is 5.92 Å². The number of esters is 1. The summed E-state index contributed by atoms with van der Waals surface area (Å²) in [4.78, 5) is 36.7. The smallest absolute Gasteiger partial charge is 0.342 e. The lowest BCUT2D eigenvalue weighted by molar-refractivity contribution is -0.119. The SMILES string of the molecule is CC(C)CNC(=O)c1ccccc1NC(=O)COC(=O)c1cn[nH]c1C(C)C. The maximum absolute atomic E-state index is 12.3. The molecule has 2 rings (SSSR count). The minimum atomic E-state index is -0.629. The molecule has 1 aromatic heterocycles. The van der Waals surface area contributed by atoms with Gasteiger partial charge in [0.25, 0.3) is 11.8 Å². The Balaban J connectivity index is 1.97. The highest BCUT2D eigenvalue weighted by atomic mass is 16.5. The van der Waals surface area contributed by atoms with Crippen LogP contribution in [0, 0.1) is 5.92 Å². The molecule has 0 saturated heterocycles. The Morgan fingerprint density at radius 3 is 2.50 bits per heavy atom. The summed E-state index contributed by atoms with van der Waals surface area (Å²) in [5.74, 6) is -1.07. The summed E-state index contributed by atoms with van der Waals surface area (Å²) in [6, 6.07) is 6.67. The Bertz CT molecular complexity index is 842. The van der Waals surface area contributed by atoms with E-state index in [2.05, 4.69) is 20.8 Å². The number of para-hydroxylation sites is 1. The molecule has 0 aliphatic carbocycles. The molecule has 0 unspecified atom stereocenters. The van der Waals surface area contributed by atoms with Gasteiger partial charge in [0.2, 0.25) is 0 Å². The predicted octanol–water partition coefficient (Wildman–Crippen LogP) is 2.71. The van der Waals surface area contributed by atoms with E-state index >= 15 is 0 Å². The Kier molecular flexibility index (Phi) is 7.31. The van der Waals surface area contributed by atoms with Crippen LogP contribution in [-0.4, -0.2) is 41.1 Å². The minimum Gasteiger partial charge on any atom is -0.452 e. The number of anilines is 1. The van der Waals surface area contributed by atoms with E-state index in [-0.39, 0.29) is 11.8 Å². The van der Waals surface area contributed by atoms with E-state index in [0.717, 1.165) is 0 Å². The number of benzene rings is 1. The Hall–Kier alpha value is -3.16. The van der Waals surface area contributed by atoms with Crippen LogP contribution < -0.4 is 10.6 Å². The van der Waals surface area contributed by atoms with Gasteiger partial charge in [-0.3, -0.25) is 14.7 Å². The van der Waals surface area contributed by atoms with Gasteiger partial charge in [0.1, 0.15) is 5.56 Å². The Labute approximate surface area is 164 Å². The van der Waals surface area contributed by atoms with Crippen LogP contribution >= 0.6 is 0 Å². The molecule has 0 bridgehead atoms. The number of hydrogen-bond acceptors (Lipinski definition) is 5. The first kappa shape index (κ1) is 21.1. The summed E-state index contributed by atoms with van der Waals surface area (Å²) in [5, 5.41) is 12.0. The van der Waals surface area contributed by atoms with Crippen LogP contribution in [0.4, 0.5) is 5.69 Å². The molecule has 1 heterocycles. The first-order chi connectivity index (χ1) is 13.3. The molecule has 3 N–H and O–H groups in total. The third kappa shape index (κ3) is 5.67. The van der Waals surface area contributed by atoms with E-state index < -0.39 is 18.5 Å². The van der Waals surface area contributed by atoms with Crippen molar-refractivity contribution in [1.82, 2.24) is 15.5 Å². The number of carbonyl (C=O) groups is 3. The van der Waals surface area contributed by atoms with Gasteiger partial charge in [0.15, 0.2) is 6.61 Å². The van der Waals surface area contributed by atoms with Crippen molar-refractivity contribution >= 4 is 23.5 Å². The first-order valence-corrected chi connectivity index (χ1v) is 9.17. The van der Waals surface area contributed by atoms with E-state index in [1.54, 1.807) is 24.3 Å². The molecule has 28 heavy (non-hydrogen) atoms. The molecule has 0 radical (unpaired) electrons. The lowest BCUT2D eigenvalue weighted by Crippen LogP contribution is -2.29. The average molecular weight is 386 g/mol. The molecule has 2 aromatic rings. The molecule has 2 amide bonds. The molecule has 0 fully saturated rings. The quantitative estimate of drug-likeness (QED) is 0.604. The largest absolute Gasteiger partial charge is 0.452 e. The van der Waals surface area contributed by atoms with Crippen molar-refractivity contribution in [1.29, 1.82) is 0 Å². The van der Waals surface area contributed by atoms with Gasteiger partial charge in [-0.05, 0) is 24.0 Å². The van der Waals surface area contributed by atoms with Crippen molar-refractivity contribution < 1.29 is 19.1 Å². The monoisotopic (exact) mass is 386 g/mol. The number of nitrogens with zero attached hydrogens (tertiary/aromatic N) is 1. The zero-order chi connectivity index (χ0) is 20.7. The fourth-order valence-electron chi connectivity index (χ4n) is 2.48. The first-order valence-electron chi connectivity index (χ1n) is 9.17. The third-order valence-corrected chi connectivity index (χ3v) is 3.92. The highest BCUT2D eigenvalue weighted by Gasteiger charge is 2.19. The summed E-state index contributed by atoms with van der Waals surface area (Å²) in [5.41, 5.74) is 1.66. The fourth-order valence-corrected chi connectivity index (χ4v) is 2.48. The molecule has 8 nitrogen and oxygen atoms in total. The maximum Gasteiger partial charge on any atom is 0.342 e. The molecule has 1 aromatic carbocycles. The highest BCUT2D eigenvalue weighted by molar-refractivity contribution is 6.04. The van der Waals surface area contributed by atoms with E-state index in [4.69, 9.17) is 4.74 Å². The molecule has 0 saturated carbocycles. The number of rotatable bonds is 8. The number of H-pyrrole nitrogens is 1. The summed E-state index contributed by atoms with van der Waals surface area (Å²) >= 11 is 0. The second-order valence-corrected chi connectivity index (χ2v) is 7.13. The Morgan fingerprint density at radius 2 is 1.82 bits per heavy atom. The average Bonchev–Trinajstić information content (AvgIpc) is 3.15. The van der Waals surface area contributed by atoms with E-state index in [0.29, 0.717) is 35.0 Å². The van der Waals surface area contributed by atoms with Crippen molar-refractivity contribution in [3.63, 3.8) is 0 Å². The predicted molar refractivity (Wildman–Crippen MR) is 105 cm³/mol. The summed E-state index contributed by atoms with van der Waals surface area (Å²) in [6.45, 7) is 7.88. The topological polar surface area (TPSA) is 113 Å². The molecular weight excluding hydrogens is 360 g/mol. The molecule has 8 heteroatoms. The number of carbonyl (C=O) groups excluding carboxylic acids is 3. The molecule has 150 valence electrons. The highest BCUT2D eigenvalue weighted by Crippen LogP contribution is 2.17. The van der Waals surface area contributed by atoms with Crippen molar-refractivity contribution in [3.05, 3.63) is 47.3 Å². The van der Waals surface area contributed by atoms with Crippen LogP contribution in [0.25, 0.3) is 0 Å². The van der Waals surface area contributed by atoms with E-state index in [1.807, 2.05) is 27.7 Å². The number of amides is 2. The van der Waals surface area contributed by atoms with Gasteiger partial charge in [-0.15, -0.1) is 0 Å².